The molecule has 0 bridgehead atoms. The van der Waals surface area contributed by atoms with Crippen LogP contribution >= 0.6 is 0 Å². The maximum absolute atomic E-state index is 13.1. The van der Waals surface area contributed by atoms with Gasteiger partial charge in [-0.2, -0.15) is 0 Å². The van der Waals surface area contributed by atoms with Gasteiger partial charge in [-0.15, -0.1) is 0 Å². The molecule has 5 rings (SSSR count). The van der Waals surface area contributed by atoms with Gasteiger partial charge in [-0.3, -0.25) is 9.69 Å². The van der Waals surface area contributed by atoms with Crippen LogP contribution in [0.4, 0.5) is 0 Å². The van der Waals surface area contributed by atoms with Crippen molar-refractivity contribution in [3.05, 3.63) is 65.0 Å². The van der Waals surface area contributed by atoms with E-state index >= 15 is 0 Å². The van der Waals surface area contributed by atoms with Crippen molar-refractivity contribution in [3.63, 3.8) is 0 Å². The number of aryl methyl sites for hydroxylation is 1. The van der Waals surface area contributed by atoms with Gasteiger partial charge in [-0.05, 0) is 48.6 Å². The van der Waals surface area contributed by atoms with Crippen LogP contribution < -0.4 is 0 Å². The molecule has 1 aliphatic carbocycles. The maximum Gasteiger partial charge on any atom is 0.254 e. The Bertz CT molecular complexity index is 1000. The van der Waals surface area contributed by atoms with Crippen LogP contribution in [0.5, 0.6) is 0 Å². The Morgan fingerprint density at radius 3 is 2.61 bits per heavy atom. The van der Waals surface area contributed by atoms with Crippen molar-refractivity contribution in [3.8, 4) is 0 Å². The summed E-state index contributed by atoms with van der Waals surface area (Å²) < 4.78 is 5.60. The van der Waals surface area contributed by atoms with Crippen LogP contribution in [-0.4, -0.2) is 52.9 Å². The summed E-state index contributed by atoms with van der Waals surface area (Å²) in [5.74, 6) is 0.718. The number of carbonyl (C=O) groups excluding carboxylic acids is 1. The largest absolute Gasteiger partial charge is 0.441 e. The maximum atomic E-state index is 13.1. The normalized spacial score (nSPS) is 18.4. The predicted molar refractivity (Wildman–Crippen MR) is 108 cm³/mol. The summed E-state index contributed by atoms with van der Waals surface area (Å²) >= 11 is 0. The van der Waals surface area contributed by atoms with Crippen molar-refractivity contribution in [2.24, 2.45) is 0 Å². The van der Waals surface area contributed by atoms with E-state index in [0.29, 0.717) is 23.1 Å². The molecule has 0 spiro atoms. The highest BCUT2D eigenvalue weighted by molar-refractivity contribution is 5.97. The van der Waals surface area contributed by atoms with Gasteiger partial charge in [0.2, 0.25) is 0 Å². The molecule has 0 radical (unpaired) electrons. The molecule has 5 heteroatoms. The van der Waals surface area contributed by atoms with Gasteiger partial charge in [0.05, 0.1) is 0 Å². The molecule has 5 nitrogen and oxygen atoms in total. The number of aromatic nitrogens is 1. The number of benzene rings is 2. The zero-order valence-electron chi connectivity index (χ0n) is 16.2. The van der Waals surface area contributed by atoms with Gasteiger partial charge in [-0.25, -0.2) is 4.98 Å². The minimum Gasteiger partial charge on any atom is -0.441 e. The number of fused-ring (bicyclic) bond motifs is 2. The van der Waals surface area contributed by atoms with E-state index in [1.807, 2.05) is 30.0 Å². The number of carbonyl (C=O) groups is 1. The summed E-state index contributed by atoms with van der Waals surface area (Å²) in [7, 11) is 0. The van der Waals surface area contributed by atoms with E-state index in [1.165, 1.54) is 11.1 Å². The van der Waals surface area contributed by atoms with Crippen molar-refractivity contribution < 1.29 is 9.21 Å². The molecule has 1 fully saturated rings. The first-order chi connectivity index (χ1) is 13.7. The molecule has 0 unspecified atom stereocenters. The molecule has 1 saturated heterocycles. The lowest BCUT2D eigenvalue weighted by atomic mass is 10.1. The average Bonchev–Trinajstić information content (AvgIpc) is 3.21. The summed E-state index contributed by atoms with van der Waals surface area (Å²) in [4.78, 5) is 21.9. The van der Waals surface area contributed by atoms with E-state index in [9.17, 15) is 4.79 Å². The second-order valence-electron chi connectivity index (χ2n) is 7.93. The molecule has 144 valence electrons. The molecule has 2 aliphatic rings. The Morgan fingerprint density at radius 2 is 1.82 bits per heavy atom. The quantitative estimate of drug-likeness (QED) is 0.688. The Hall–Kier alpha value is -2.66. The van der Waals surface area contributed by atoms with E-state index in [4.69, 9.17) is 4.42 Å². The summed E-state index contributed by atoms with van der Waals surface area (Å²) in [6.45, 7) is 5.41. The highest BCUT2D eigenvalue weighted by Crippen LogP contribution is 2.26. The fraction of sp³-hybridized carbons (Fsp3) is 0.391. The molecular formula is C23H25N3O2. The number of oxazole rings is 1. The Kier molecular flexibility index (Phi) is 4.40. The van der Waals surface area contributed by atoms with E-state index in [-0.39, 0.29) is 5.91 Å². The summed E-state index contributed by atoms with van der Waals surface area (Å²) in [6, 6.07) is 14.9. The number of rotatable bonds is 2. The Labute approximate surface area is 165 Å². The van der Waals surface area contributed by atoms with Crippen LogP contribution in [0, 0.1) is 6.92 Å². The average molecular weight is 375 g/mol. The van der Waals surface area contributed by atoms with Crippen LogP contribution in [0.2, 0.25) is 0 Å². The lowest BCUT2D eigenvalue weighted by Gasteiger charge is -2.27. The summed E-state index contributed by atoms with van der Waals surface area (Å²) in [6.07, 6.45) is 3.28. The Morgan fingerprint density at radius 1 is 1.04 bits per heavy atom. The fourth-order valence-corrected chi connectivity index (χ4v) is 4.65. The van der Waals surface area contributed by atoms with Crippen LogP contribution in [0.3, 0.4) is 0 Å². The van der Waals surface area contributed by atoms with Crippen molar-refractivity contribution >= 4 is 17.0 Å². The van der Waals surface area contributed by atoms with Crippen molar-refractivity contribution in [2.45, 2.75) is 32.2 Å². The minimum atomic E-state index is 0.0903. The fourth-order valence-electron chi connectivity index (χ4n) is 4.65. The number of nitrogens with zero attached hydrogens (tertiary/aromatic N) is 3. The van der Waals surface area contributed by atoms with E-state index in [0.717, 1.165) is 51.0 Å². The molecule has 1 aliphatic heterocycles. The van der Waals surface area contributed by atoms with Crippen molar-refractivity contribution in [1.29, 1.82) is 0 Å². The van der Waals surface area contributed by atoms with Gasteiger partial charge in [0.1, 0.15) is 5.52 Å². The zero-order valence-corrected chi connectivity index (χ0v) is 16.2. The van der Waals surface area contributed by atoms with Gasteiger partial charge in [0.15, 0.2) is 11.5 Å². The summed E-state index contributed by atoms with van der Waals surface area (Å²) in [5.41, 5.74) is 5.14. The standard InChI is InChI=1S/C23H25N3O2/c1-16-24-21-8-7-19(15-22(21)28-16)23(27)26-10-4-9-25(11-12-26)20-13-17-5-2-3-6-18(17)14-20/h2-3,5-8,15,20H,4,9-14H2,1H3. The lowest BCUT2D eigenvalue weighted by Crippen LogP contribution is -2.40. The topological polar surface area (TPSA) is 49.6 Å². The van der Waals surface area contributed by atoms with Gasteiger partial charge in [-0.1, -0.05) is 24.3 Å². The third-order valence-corrected chi connectivity index (χ3v) is 6.11. The smallest absolute Gasteiger partial charge is 0.254 e. The SMILES string of the molecule is Cc1nc2ccc(C(=O)N3CCCN(C4Cc5ccccc5C4)CC3)cc2o1. The highest BCUT2D eigenvalue weighted by Gasteiger charge is 2.29. The first-order valence-corrected chi connectivity index (χ1v) is 10.1. The molecule has 3 aromatic rings. The third-order valence-electron chi connectivity index (χ3n) is 6.11. The number of hydrogen-bond donors (Lipinski definition) is 0. The van der Waals surface area contributed by atoms with Gasteiger partial charge in [0.25, 0.3) is 5.91 Å². The molecule has 0 N–H and O–H groups in total. The van der Waals surface area contributed by atoms with Crippen LogP contribution in [0.25, 0.3) is 11.1 Å². The monoisotopic (exact) mass is 375 g/mol. The van der Waals surface area contributed by atoms with E-state index in [1.54, 1.807) is 0 Å². The molecule has 28 heavy (non-hydrogen) atoms. The van der Waals surface area contributed by atoms with Gasteiger partial charge < -0.3 is 9.32 Å². The molecule has 1 amide bonds. The second kappa shape index (κ2) is 7.06. The van der Waals surface area contributed by atoms with E-state index in [2.05, 4.69) is 34.1 Å². The zero-order chi connectivity index (χ0) is 19.1. The Balaban J connectivity index is 1.27. The van der Waals surface area contributed by atoms with E-state index < -0.39 is 0 Å². The molecule has 1 aromatic heterocycles. The molecule has 0 atom stereocenters. The van der Waals surface area contributed by atoms with Gasteiger partial charge >= 0.3 is 0 Å². The highest BCUT2D eigenvalue weighted by atomic mass is 16.3. The third kappa shape index (κ3) is 3.20. The van der Waals surface area contributed by atoms with Gasteiger partial charge in [0, 0.05) is 44.7 Å². The van der Waals surface area contributed by atoms with Crippen molar-refractivity contribution in [1.82, 2.24) is 14.8 Å². The molecule has 2 aromatic carbocycles. The van der Waals surface area contributed by atoms with Crippen LogP contribution in [-0.2, 0) is 12.8 Å². The number of amides is 1. The molecule has 0 saturated carbocycles. The second-order valence-corrected chi connectivity index (χ2v) is 7.93. The van der Waals surface area contributed by atoms with Crippen LogP contribution in [0.1, 0.15) is 33.8 Å². The summed E-state index contributed by atoms with van der Waals surface area (Å²) in [5, 5.41) is 0. The predicted octanol–water partition coefficient (Wildman–Crippen LogP) is 3.45. The minimum absolute atomic E-state index is 0.0903. The molecular weight excluding hydrogens is 350 g/mol. The first-order valence-electron chi connectivity index (χ1n) is 10.1. The van der Waals surface area contributed by atoms with Crippen LogP contribution in [0.15, 0.2) is 46.9 Å². The lowest BCUT2D eigenvalue weighted by molar-refractivity contribution is 0.0758. The molecule has 2 heterocycles. The number of hydrogen-bond acceptors (Lipinski definition) is 4. The first kappa shape index (κ1) is 17.4. The van der Waals surface area contributed by atoms with Crippen molar-refractivity contribution in [2.75, 3.05) is 26.2 Å².